The van der Waals surface area contributed by atoms with Gasteiger partial charge in [0.1, 0.15) is 5.82 Å². The van der Waals surface area contributed by atoms with Crippen LogP contribution in [0.2, 0.25) is 0 Å². The maximum absolute atomic E-state index is 13.8. The Morgan fingerprint density at radius 3 is 2.65 bits per heavy atom. The van der Waals surface area contributed by atoms with Crippen LogP contribution < -0.4 is 10.6 Å². The quantitative estimate of drug-likeness (QED) is 0.657. The third kappa shape index (κ3) is 4.88. The van der Waals surface area contributed by atoms with Crippen LogP contribution in [0.4, 0.5) is 19.0 Å². The zero-order valence-electron chi connectivity index (χ0n) is 16.7. The van der Waals surface area contributed by atoms with Crippen LogP contribution >= 0.6 is 15.9 Å². The van der Waals surface area contributed by atoms with Gasteiger partial charge < -0.3 is 15.4 Å². The van der Waals surface area contributed by atoms with Crippen molar-refractivity contribution in [3.63, 3.8) is 0 Å². The first-order valence-corrected chi connectivity index (χ1v) is 10.9. The first-order valence-electron chi connectivity index (χ1n) is 10.1. The summed E-state index contributed by atoms with van der Waals surface area (Å²) in [6.45, 7) is 3.89. The van der Waals surface area contributed by atoms with E-state index in [0.29, 0.717) is 26.3 Å². The summed E-state index contributed by atoms with van der Waals surface area (Å²) in [4.78, 5) is 14.8. The molecule has 3 heterocycles. The van der Waals surface area contributed by atoms with Crippen molar-refractivity contribution in [3.8, 4) is 0 Å². The van der Waals surface area contributed by atoms with E-state index in [9.17, 15) is 18.0 Å². The molecular formula is C20H23BrF3N5O2. The molecule has 2 aliphatic rings. The number of rotatable bonds is 5. The van der Waals surface area contributed by atoms with E-state index < -0.39 is 24.2 Å². The molecule has 168 valence electrons. The predicted octanol–water partition coefficient (Wildman–Crippen LogP) is 3.37. The van der Waals surface area contributed by atoms with Gasteiger partial charge in [0.15, 0.2) is 11.7 Å². The molecule has 1 aromatic carbocycles. The van der Waals surface area contributed by atoms with Crippen LogP contribution in [0.3, 0.4) is 0 Å². The Labute approximate surface area is 186 Å². The SMILES string of the molecule is O=C(NCCN1CCOCC1)c1nn2c(c1Br)N[C@@H](c1ccccc1)C[C@H]2C(F)(F)F. The van der Waals surface area contributed by atoms with E-state index >= 15 is 0 Å². The van der Waals surface area contributed by atoms with Crippen LogP contribution in [0, 0.1) is 0 Å². The molecule has 0 aliphatic carbocycles. The number of aromatic nitrogens is 2. The van der Waals surface area contributed by atoms with Crippen LogP contribution in [0.5, 0.6) is 0 Å². The summed E-state index contributed by atoms with van der Waals surface area (Å²) < 4.78 is 47.9. The third-order valence-corrected chi connectivity index (χ3v) is 6.28. The lowest BCUT2D eigenvalue weighted by molar-refractivity contribution is -0.173. The summed E-state index contributed by atoms with van der Waals surface area (Å²) in [5, 5.41) is 9.91. The number of halogens is 4. The maximum atomic E-state index is 13.8. The molecule has 11 heteroatoms. The van der Waals surface area contributed by atoms with Crippen LogP contribution in [-0.4, -0.2) is 66.2 Å². The number of amides is 1. The first kappa shape index (κ1) is 22.1. The number of fused-ring (bicyclic) bond motifs is 1. The molecule has 1 aromatic heterocycles. The molecule has 0 saturated carbocycles. The van der Waals surface area contributed by atoms with E-state index in [-0.39, 0.29) is 22.4 Å². The Morgan fingerprint density at radius 1 is 1.26 bits per heavy atom. The molecule has 2 aromatic rings. The summed E-state index contributed by atoms with van der Waals surface area (Å²) in [5.74, 6) is -0.359. The number of nitrogens with zero attached hydrogens (tertiary/aromatic N) is 3. The van der Waals surface area contributed by atoms with Crippen molar-refractivity contribution in [2.24, 2.45) is 0 Å². The van der Waals surface area contributed by atoms with Gasteiger partial charge in [-0.25, -0.2) is 4.68 Å². The summed E-state index contributed by atoms with van der Waals surface area (Å²) in [7, 11) is 0. The Bertz CT molecular complexity index is 916. The highest BCUT2D eigenvalue weighted by Crippen LogP contribution is 2.46. The number of morpholine rings is 1. The topological polar surface area (TPSA) is 71.4 Å². The minimum atomic E-state index is -4.50. The van der Waals surface area contributed by atoms with E-state index in [1.54, 1.807) is 24.3 Å². The lowest BCUT2D eigenvalue weighted by Crippen LogP contribution is -2.41. The second-order valence-electron chi connectivity index (χ2n) is 7.57. The highest BCUT2D eigenvalue weighted by atomic mass is 79.9. The van der Waals surface area contributed by atoms with Crippen LogP contribution in [-0.2, 0) is 4.74 Å². The number of hydrogen-bond donors (Lipinski definition) is 2. The highest BCUT2D eigenvalue weighted by Gasteiger charge is 2.47. The smallest absolute Gasteiger partial charge is 0.379 e. The predicted molar refractivity (Wildman–Crippen MR) is 112 cm³/mol. The van der Waals surface area contributed by atoms with Crippen molar-refractivity contribution in [1.29, 1.82) is 0 Å². The van der Waals surface area contributed by atoms with Crippen LogP contribution in [0.25, 0.3) is 0 Å². The Balaban J connectivity index is 1.53. The van der Waals surface area contributed by atoms with Crippen LogP contribution in [0.15, 0.2) is 34.8 Å². The number of carbonyl (C=O) groups excluding carboxylic acids is 1. The molecule has 7 nitrogen and oxygen atoms in total. The van der Waals surface area contributed by atoms with Gasteiger partial charge in [0.25, 0.3) is 5.91 Å². The molecule has 0 radical (unpaired) electrons. The third-order valence-electron chi connectivity index (χ3n) is 5.53. The maximum Gasteiger partial charge on any atom is 0.410 e. The second-order valence-corrected chi connectivity index (χ2v) is 8.36. The molecule has 0 bridgehead atoms. The van der Waals surface area contributed by atoms with Gasteiger partial charge in [0.2, 0.25) is 0 Å². The monoisotopic (exact) mass is 501 g/mol. The molecule has 0 unspecified atom stereocenters. The van der Waals surface area contributed by atoms with E-state index in [1.165, 1.54) is 0 Å². The first-order chi connectivity index (χ1) is 14.8. The fraction of sp³-hybridized carbons (Fsp3) is 0.500. The molecule has 2 aliphatic heterocycles. The standard InChI is InChI=1S/C20H23BrF3N5O2/c21-16-17(19(30)25-6-7-28-8-10-31-11-9-28)27-29-15(20(22,23)24)12-14(26-18(16)29)13-4-2-1-3-5-13/h1-5,14-15,26H,6-12H2,(H,25,30)/t14-,15+/m1/s1. The number of alkyl halides is 3. The van der Waals surface area contributed by atoms with Gasteiger partial charge in [0.05, 0.1) is 23.7 Å². The summed E-state index contributed by atoms with van der Waals surface area (Å²) in [5.41, 5.74) is 0.681. The highest BCUT2D eigenvalue weighted by molar-refractivity contribution is 9.10. The van der Waals surface area contributed by atoms with E-state index in [1.807, 2.05) is 6.07 Å². The van der Waals surface area contributed by atoms with Crippen molar-refractivity contribution >= 4 is 27.7 Å². The largest absolute Gasteiger partial charge is 0.410 e. The number of anilines is 1. The normalized spacial score (nSPS) is 21.9. The fourth-order valence-corrected chi connectivity index (χ4v) is 4.43. The van der Waals surface area contributed by atoms with Crippen molar-refractivity contribution in [1.82, 2.24) is 20.0 Å². The molecular weight excluding hydrogens is 479 g/mol. The molecule has 31 heavy (non-hydrogen) atoms. The Hall–Kier alpha value is -2.11. The van der Waals surface area contributed by atoms with E-state index in [4.69, 9.17) is 4.74 Å². The van der Waals surface area contributed by atoms with E-state index in [2.05, 4.69) is 36.6 Å². The second kappa shape index (κ2) is 9.17. The molecule has 4 rings (SSSR count). The zero-order valence-corrected chi connectivity index (χ0v) is 18.2. The van der Waals surface area contributed by atoms with Gasteiger partial charge >= 0.3 is 6.18 Å². The van der Waals surface area contributed by atoms with Gasteiger partial charge in [-0.3, -0.25) is 9.69 Å². The summed E-state index contributed by atoms with van der Waals surface area (Å²) >= 11 is 3.30. The molecule has 2 N–H and O–H groups in total. The average molecular weight is 502 g/mol. The number of ether oxygens (including phenoxy) is 1. The average Bonchev–Trinajstić information content (AvgIpc) is 3.10. The van der Waals surface area contributed by atoms with Gasteiger partial charge in [-0.15, -0.1) is 0 Å². The van der Waals surface area contributed by atoms with Gasteiger partial charge in [-0.05, 0) is 21.5 Å². The number of hydrogen-bond acceptors (Lipinski definition) is 5. The van der Waals surface area contributed by atoms with Gasteiger partial charge in [-0.1, -0.05) is 30.3 Å². The molecule has 0 spiro atoms. The van der Waals surface area contributed by atoms with Crippen molar-refractivity contribution in [3.05, 3.63) is 46.1 Å². The minimum absolute atomic E-state index is 0.0626. The fourth-order valence-electron chi connectivity index (χ4n) is 3.87. The molecule has 2 atom stereocenters. The molecule has 1 saturated heterocycles. The summed E-state index contributed by atoms with van der Waals surface area (Å²) in [6, 6.07) is 6.56. The lowest BCUT2D eigenvalue weighted by Gasteiger charge is -2.33. The van der Waals surface area contributed by atoms with Gasteiger partial charge in [-0.2, -0.15) is 18.3 Å². The molecule has 1 amide bonds. The Kier molecular flexibility index (Phi) is 6.54. The van der Waals surface area contributed by atoms with Crippen LogP contribution in [0.1, 0.15) is 34.6 Å². The molecule has 1 fully saturated rings. The number of nitrogens with one attached hydrogen (secondary N) is 2. The number of carbonyl (C=O) groups is 1. The van der Waals surface area contributed by atoms with Gasteiger partial charge in [0, 0.05) is 32.6 Å². The zero-order chi connectivity index (χ0) is 22.0. The summed E-state index contributed by atoms with van der Waals surface area (Å²) in [6.07, 6.45) is -4.72. The lowest BCUT2D eigenvalue weighted by atomic mass is 9.97. The Morgan fingerprint density at radius 2 is 1.97 bits per heavy atom. The van der Waals surface area contributed by atoms with Crippen molar-refractivity contribution < 1.29 is 22.7 Å². The van der Waals surface area contributed by atoms with Crippen molar-refractivity contribution in [2.75, 3.05) is 44.7 Å². The minimum Gasteiger partial charge on any atom is -0.379 e. The van der Waals surface area contributed by atoms with Crippen molar-refractivity contribution in [2.45, 2.75) is 24.7 Å². The van der Waals surface area contributed by atoms with E-state index in [0.717, 1.165) is 23.3 Å². The number of benzene rings is 1.